The van der Waals surface area contributed by atoms with E-state index in [9.17, 15) is 9.50 Å². The minimum absolute atomic E-state index is 0.0349. The molecule has 4 nitrogen and oxygen atoms in total. The van der Waals surface area contributed by atoms with Crippen LogP contribution in [0.4, 0.5) is 4.39 Å². The molecule has 2 unspecified atom stereocenters. The molecule has 5 heteroatoms. The van der Waals surface area contributed by atoms with Crippen molar-refractivity contribution in [3.8, 4) is 5.75 Å². The number of imidazole rings is 1. The number of halogens is 1. The van der Waals surface area contributed by atoms with Crippen LogP contribution in [0.25, 0.3) is 0 Å². The van der Waals surface area contributed by atoms with Gasteiger partial charge < -0.3 is 15.4 Å². The van der Waals surface area contributed by atoms with Crippen LogP contribution in [-0.2, 0) is 0 Å². The highest BCUT2D eigenvalue weighted by Crippen LogP contribution is 2.27. The van der Waals surface area contributed by atoms with E-state index in [2.05, 4.69) is 15.3 Å². The van der Waals surface area contributed by atoms with Crippen molar-refractivity contribution in [1.82, 2.24) is 15.3 Å². The Morgan fingerprint density at radius 1 is 1.47 bits per heavy atom. The summed E-state index contributed by atoms with van der Waals surface area (Å²) in [5.41, 5.74) is 0.546. The molecule has 0 aliphatic heterocycles. The summed E-state index contributed by atoms with van der Waals surface area (Å²) in [5.74, 6) is 0.577. The van der Waals surface area contributed by atoms with Gasteiger partial charge in [-0.25, -0.2) is 9.37 Å². The number of hydrogen-bond donors (Lipinski definition) is 3. The first-order valence-electron chi connectivity index (χ1n) is 6.35. The minimum atomic E-state index is -0.354. The Bertz CT molecular complexity index is 527. The molecule has 1 aromatic carbocycles. The summed E-state index contributed by atoms with van der Waals surface area (Å²) in [4.78, 5) is 7.28. The lowest BCUT2D eigenvalue weighted by atomic mass is 10.0. The second-order valence-electron chi connectivity index (χ2n) is 4.53. The molecule has 0 amide bonds. The van der Waals surface area contributed by atoms with Crippen molar-refractivity contribution in [3.63, 3.8) is 0 Å². The monoisotopic (exact) mass is 263 g/mol. The lowest BCUT2D eigenvalue weighted by molar-refractivity contribution is 0.413. The van der Waals surface area contributed by atoms with Gasteiger partial charge >= 0.3 is 0 Å². The molecule has 0 saturated carbocycles. The number of nitrogens with one attached hydrogen (secondary N) is 2. The van der Waals surface area contributed by atoms with Crippen molar-refractivity contribution in [2.24, 2.45) is 0 Å². The highest BCUT2D eigenvalue weighted by atomic mass is 19.1. The summed E-state index contributed by atoms with van der Waals surface area (Å²) in [6, 6.07) is 3.83. The largest absolute Gasteiger partial charge is 0.508 e. The maximum atomic E-state index is 13.2. The van der Waals surface area contributed by atoms with Crippen molar-refractivity contribution >= 4 is 0 Å². The molecule has 0 spiro atoms. The zero-order chi connectivity index (χ0) is 13.8. The first-order chi connectivity index (χ1) is 9.11. The van der Waals surface area contributed by atoms with E-state index in [0.717, 1.165) is 12.2 Å². The third kappa shape index (κ3) is 3.12. The Morgan fingerprint density at radius 2 is 2.26 bits per heavy atom. The first kappa shape index (κ1) is 13.5. The van der Waals surface area contributed by atoms with Crippen molar-refractivity contribution in [1.29, 1.82) is 0 Å². The third-order valence-corrected chi connectivity index (χ3v) is 3.16. The first-order valence-corrected chi connectivity index (χ1v) is 6.35. The van der Waals surface area contributed by atoms with E-state index in [-0.39, 0.29) is 23.7 Å². The van der Waals surface area contributed by atoms with Gasteiger partial charge in [-0.15, -0.1) is 0 Å². The van der Waals surface area contributed by atoms with Crippen LogP contribution < -0.4 is 5.32 Å². The zero-order valence-corrected chi connectivity index (χ0v) is 11.0. The normalized spacial score (nSPS) is 14.3. The summed E-state index contributed by atoms with van der Waals surface area (Å²) in [6.45, 7) is 3.93. The third-order valence-electron chi connectivity index (χ3n) is 3.16. The number of rotatable bonds is 5. The number of H-pyrrole nitrogens is 1. The average Bonchev–Trinajstić information content (AvgIpc) is 2.92. The Kier molecular flexibility index (Phi) is 4.16. The van der Waals surface area contributed by atoms with Crippen molar-refractivity contribution in [3.05, 3.63) is 47.8 Å². The number of aromatic amines is 1. The Labute approximate surface area is 111 Å². The quantitative estimate of drug-likeness (QED) is 0.777. The molecule has 2 rings (SSSR count). The van der Waals surface area contributed by atoms with Gasteiger partial charge in [-0.05, 0) is 31.5 Å². The summed E-state index contributed by atoms with van der Waals surface area (Å²) in [5, 5.41) is 13.1. The van der Waals surface area contributed by atoms with Gasteiger partial charge in [0.2, 0.25) is 0 Å². The number of hydrogen-bond acceptors (Lipinski definition) is 3. The zero-order valence-electron chi connectivity index (χ0n) is 11.0. The Morgan fingerprint density at radius 3 is 2.89 bits per heavy atom. The lowest BCUT2D eigenvalue weighted by Gasteiger charge is -2.21. The molecule has 1 heterocycles. The predicted molar refractivity (Wildman–Crippen MR) is 71.2 cm³/mol. The van der Waals surface area contributed by atoms with Crippen molar-refractivity contribution in [2.45, 2.75) is 32.4 Å². The fourth-order valence-corrected chi connectivity index (χ4v) is 2.12. The van der Waals surface area contributed by atoms with Gasteiger partial charge in [0.05, 0.1) is 6.04 Å². The van der Waals surface area contributed by atoms with E-state index in [4.69, 9.17) is 0 Å². The van der Waals surface area contributed by atoms with Crippen LogP contribution in [0.2, 0.25) is 0 Å². The smallest absolute Gasteiger partial charge is 0.123 e. The summed E-state index contributed by atoms with van der Waals surface area (Å²) < 4.78 is 13.2. The molecule has 3 N–H and O–H groups in total. The summed E-state index contributed by atoms with van der Waals surface area (Å²) >= 11 is 0. The van der Waals surface area contributed by atoms with Gasteiger partial charge in [0.1, 0.15) is 17.4 Å². The van der Waals surface area contributed by atoms with Crippen LogP contribution in [0.1, 0.15) is 43.7 Å². The van der Waals surface area contributed by atoms with Crippen LogP contribution in [0.3, 0.4) is 0 Å². The molecule has 0 fully saturated rings. The lowest BCUT2D eigenvalue weighted by Crippen LogP contribution is -2.25. The maximum Gasteiger partial charge on any atom is 0.123 e. The minimum Gasteiger partial charge on any atom is -0.508 e. The average molecular weight is 263 g/mol. The molecular weight excluding hydrogens is 245 g/mol. The van der Waals surface area contributed by atoms with Crippen LogP contribution in [0.5, 0.6) is 5.75 Å². The molecule has 0 saturated heterocycles. The maximum absolute atomic E-state index is 13.2. The van der Waals surface area contributed by atoms with Crippen molar-refractivity contribution in [2.75, 3.05) is 0 Å². The second-order valence-corrected chi connectivity index (χ2v) is 4.53. The van der Waals surface area contributed by atoms with Crippen LogP contribution in [0, 0.1) is 5.82 Å². The van der Waals surface area contributed by atoms with Crippen LogP contribution in [-0.4, -0.2) is 15.1 Å². The van der Waals surface area contributed by atoms with E-state index >= 15 is 0 Å². The van der Waals surface area contributed by atoms with Gasteiger partial charge in [-0.1, -0.05) is 6.92 Å². The van der Waals surface area contributed by atoms with E-state index in [1.165, 1.54) is 18.2 Å². The molecule has 0 radical (unpaired) electrons. The predicted octanol–water partition coefficient (Wildman–Crippen LogP) is 3.06. The van der Waals surface area contributed by atoms with E-state index in [1.54, 1.807) is 12.4 Å². The van der Waals surface area contributed by atoms with Crippen LogP contribution in [0.15, 0.2) is 30.6 Å². The fourth-order valence-electron chi connectivity index (χ4n) is 2.12. The van der Waals surface area contributed by atoms with Crippen molar-refractivity contribution < 1.29 is 9.50 Å². The molecule has 0 bridgehead atoms. The van der Waals surface area contributed by atoms with E-state index in [0.29, 0.717) is 5.56 Å². The number of aromatic hydroxyl groups is 1. The summed E-state index contributed by atoms with van der Waals surface area (Å²) in [7, 11) is 0. The SMILES string of the molecule is CCC(NC(C)c1cc(F)ccc1O)c1ncc[nH]1. The van der Waals surface area contributed by atoms with E-state index in [1.807, 2.05) is 13.8 Å². The molecule has 19 heavy (non-hydrogen) atoms. The van der Waals surface area contributed by atoms with Gasteiger partial charge in [-0.3, -0.25) is 0 Å². The highest BCUT2D eigenvalue weighted by Gasteiger charge is 2.18. The molecule has 102 valence electrons. The Balaban J connectivity index is 2.15. The summed E-state index contributed by atoms with van der Waals surface area (Å²) in [6.07, 6.45) is 4.31. The molecule has 2 atom stereocenters. The van der Waals surface area contributed by atoms with Gasteiger partial charge in [-0.2, -0.15) is 0 Å². The fraction of sp³-hybridized carbons (Fsp3) is 0.357. The molecule has 0 aliphatic carbocycles. The number of phenols is 1. The van der Waals surface area contributed by atoms with E-state index < -0.39 is 0 Å². The highest BCUT2D eigenvalue weighted by molar-refractivity contribution is 5.35. The van der Waals surface area contributed by atoms with Gasteiger partial charge in [0, 0.05) is 24.0 Å². The van der Waals surface area contributed by atoms with Gasteiger partial charge in [0.25, 0.3) is 0 Å². The standard InChI is InChI=1S/C14H18FN3O/c1-3-12(14-16-6-7-17-14)18-9(2)11-8-10(15)4-5-13(11)19/h4-9,12,18-19H,3H2,1-2H3,(H,16,17). The number of phenolic OH excluding ortho intramolecular Hbond substituents is 1. The van der Waals surface area contributed by atoms with Crippen LogP contribution >= 0.6 is 0 Å². The number of nitrogens with zero attached hydrogens (tertiary/aromatic N) is 1. The Hall–Kier alpha value is -1.88. The second kappa shape index (κ2) is 5.84. The molecule has 2 aromatic rings. The van der Waals surface area contributed by atoms with Gasteiger partial charge in [0.15, 0.2) is 0 Å². The topological polar surface area (TPSA) is 60.9 Å². The molecule has 1 aromatic heterocycles. The molecular formula is C14H18FN3O. The number of benzene rings is 1. The molecule has 0 aliphatic rings. The number of aromatic nitrogens is 2.